The van der Waals surface area contributed by atoms with Crippen LogP contribution in [0.3, 0.4) is 0 Å². The average molecular weight is 607 g/mol. The highest BCUT2D eigenvalue weighted by molar-refractivity contribution is 5.97. The van der Waals surface area contributed by atoms with Gasteiger partial charge in [-0.15, -0.1) is 0 Å². The molecule has 12 heteroatoms. The molecule has 0 radical (unpaired) electrons. The lowest BCUT2D eigenvalue weighted by atomic mass is 10.0. The van der Waals surface area contributed by atoms with Gasteiger partial charge < -0.3 is 29.5 Å². The summed E-state index contributed by atoms with van der Waals surface area (Å²) < 4.78 is 10.5. The fourth-order valence-electron chi connectivity index (χ4n) is 6.05. The van der Waals surface area contributed by atoms with Gasteiger partial charge in [0, 0.05) is 50.9 Å². The lowest BCUT2D eigenvalue weighted by Crippen LogP contribution is -2.57. The molecule has 1 aromatic carbocycles. The van der Waals surface area contributed by atoms with Gasteiger partial charge in [-0.05, 0) is 31.1 Å². The van der Waals surface area contributed by atoms with Gasteiger partial charge in [-0.25, -0.2) is 14.8 Å². The Labute approximate surface area is 258 Å². The molecule has 2 aromatic rings. The fraction of sp³-hybridized carbons (Fsp3) is 0.562. The Morgan fingerprint density at radius 2 is 1.59 bits per heavy atom. The molecule has 0 spiro atoms. The highest BCUT2D eigenvalue weighted by Crippen LogP contribution is 2.53. The first-order valence-electron chi connectivity index (χ1n) is 15.6. The zero-order valence-electron chi connectivity index (χ0n) is 25.9. The molecule has 2 saturated heterocycles. The molecule has 3 atom stereocenters. The van der Waals surface area contributed by atoms with E-state index in [1.54, 1.807) is 15.9 Å². The third-order valence-corrected chi connectivity index (χ3v) is 8.55. The van der Waals surface area contributed by atoms with Crippen molar-refractivity contribution in [3.05, 3.63) is 42.1 Å². The normalized spacial score (nSPS) is 21.5. The van der Waals surface area contributed by atoms with E-state index in [9.17, 15) is 19.2 Å². The molecule has 2 aliphatic heterocycles. The van der Waals surface area contributed by atoms with Gasteiger partial charge in [-0.1, -0.05) is 51.1 Å². The summed E-state index contributed by atoms with van der Waals surface area (Å²) in [5.41, 5.74) is 0.933. The molecule has 3 heterocycles. The number of ether oxygens (including phenoxy) is 2. The molecule has 2 unspecified atom stereocenters. The molecule has 1 aliphatic carbocycles. The number of rotatable bonds is 10. The van der Waals surface area contributed by atoms with Crippen molar-refractivity contribution < 1.29 is 28.7 Å². The standard InChI is InChI=1S/C32H42N6O6/c1-5-16-44-32(42)37-14-12-36(13-15-37)30(40)27(20(3)4)35-29(39)24-17-25(34-28(33-24)21-10-8-7-9-11-21)38-18-22-23(19-38)26(22)31(41)43-6-2/h7-11,17,20,22-23,26-27H,5-6,12-16,18-19H2,1-4H3,(H,35,39)/t22?,23?,26?,27-/m0/s1. The third-order valence-electron chi connectivity index (χ3n) is 8.55. The van der Waals surface area contributed by atoms with Crippen molar-refractivity contribution in [3.8, 4) is 11.4 Å². The second kappa shape index (κ2) is 13.6. The number of fused-ring (bicyclic) bond motifs is 1. The minimum Gasteiger partial charge on any atom is -0.466 e. The molecule has 1 aromatic heterocycles. The van der Waals surface area contributed by atoms with E-state index in [0.29, 0.717) is 64.1 Å². The Bertz CT molecular complexity index is 1350. The smallest absolute Gasteiger partial charge is 0.409 e. The number of carbonyl (C=O) groups is 4. The van der Waals surface area contributed by atoms with E-state index in [0.717, 1.165) is 12.0 Å². The van der Waals surface area contributed by atoms with Crippen molar-refractivity contribution in [2.45, 2.75) is 40.2 Å². The molecule has 0 bridgehead atoms. The lowest BCUT2D eigenvalue weighted by molar-refractivity contribution is -0.145. The zero-order chi connectivity index (χ0) is 31.4. The molecular formula is C32H42N6O6. The quantitative estimate of drug-likeness (QED) is 0.405. The van der Waals surface area contributed by atoms with Crippen LogP contribution in [0.5, 0.6) is 0 Å². The van der Waals surface area contributed by atoms with Crippen molar-refractivity contribution in [2.24, 2.45) is 23.7 Å². The molecule has 3 fully saturated rings. The summed E-state index contributed by atoms with van der Waals surface area (Å²) in [4.78, 5) is 66.6. The predicted molar refractivity (Wildman–Crippen MR) is 163 cm³/mol. The Hall–Kier alpha value is -4.22. The van der Waals surface area contributed by atoms with Gasteiger partial charge in [0.25, 0.3) is 5.91 Å². The summed E-state index contributed by atoms with van der Waals surface area (Å²) >= 11 is 0. The van der Waals surface area contributed by atoms with Crippen LogP contribution < -0.4 is 10.2 Å². The van der Waals surface area contributed by atoms with E-state index in [-0.39, 0.29) is 47.3 Å². The number of piperidine rings is 1. The molecular weight excluding hydrogens is 564 g/mol. The molecule has 44 heavy (non-hydrogen) atoms. The number of amides is 3. The van der Waals surface area contributed by atoms with Gasteiger partial charge in [-0.2, -0.15) is 0 Å². The maximum absolute atomic E-state index is 13.7. The average Bonchev–Trinajstić information content (AvgIpc) is 3.55. The number of hydrogen-bond donors (Lipinski definition) is 1. The first-order valence-corrected chi connectivity index (χ1v) is 15.6. The predicted octanol–water partition coefficient (Wildman–Crippen LogP) is 2.83. The topological polar surface area (TPSA) is 134 Å². The van der Waals surface area contributed by atoms with E-state index in [4.69, 9.17) is 14.5 Å². The molecule has 1 saturated carbocycles. The van der Waals surface area contributed by atoms with E-state index < -0.39 is 11.9 Å². The largest absolute Gasteiger partial charge is 0.466 e. The van der Waals surface area contributed by atoms with Gasteiger partial charge >= 0.3 is 12.1 Å². The highest BCUT2D eigenvalue weighted by Gasteiger charge is 2.60. The lowest BCUT2D eigenvalue weighted by Gasteiger charge is -2.36. The van der Waals surface area contributed by atoms with E-state index in [1.807, 2.05) is 58.0 Å². The molecule has 3 amide bonds. The van der Waals surface area contributed by atoms with E-state index >= 15 is 0 Å². The molecule has 12 nitrogen and oxygen atoms in total. The fourth-order valence-corrected chi connectivity index (χ4v) is 6.05. The van der Waals surface area contributed by atoms with Crippen LogP contribution in [0.25, 0.3) is 11.4 Å². The van der Waals surface area contributed by atoms with Gasteiger partial charge in [0.15, 0.2) is 5.82 Å². The van der Waals surface area contributed by atoms with Crippen LogP contribution in [0, 0.1) is 23.7 Å². The number of piperazine rings is 1. The number of esters is 1. The number of anilines is 1. The summed E-state index contributed by atoms with van der Waals surface area (Å²) in [5.74, 6) is 0.372. The molecule has 5 rings (SSSR count). The number of hydrogen-bond acceptors (Lipinski definition) is 9. The Morgan fingerprint density at radius 3 is 2.20 bits per heavy atom. The van der Waals surface area contributed by atoms with Crippen LogP contribution in [0.1, 0.15) is 44.6 Å². The van der Waals surface area contributed by atoms with Crippen molar-refractivity contribution in [2.75, 3.05) is 57.4 Å². The van der Waals surface area contributed by atoms with E-state index in [2.05, 4.69) is 15.2 Å². The number of benzene rings is 1. The first-order chi connectivity index (χ1) is 21.2. The minimum absolute atomic E-state index is 0.0777. The Kier molecular flexibility index (Phi) is 9.65. The SMILES string of the molecule is CCCOC(=O)N1CCN(C(=O)[C@@H](NC(=O)c2cc(N3CC4C(C3)C4C(=O)OCC)nc(-c3ccccc3)n2)C(C)C)CC1. The van der Waals surface area contributed by atoms with Crippen molar-refractivity contribution in [1.29, 1.82) is 0 Å². The highest BCUT2D eigenvalue weighted by atomic mass is 16.6. The molecule has 236 valence electrons. The maximum atomic E-state index is 13.7. The summed E-state index contributed by atoms with van der Waals surface area (Å²) in [6.45, 7) is 11.0. The molecule has 3 aliphatic rings. The zero-order valence-corrected chi connectivity index (χ0v) is 25.9. The van der Waals surface area contributed by atoms with Crippen LogP contribution >= 0.6 is 0 Å². The monoisotopic (exact) mass is 606 g/mol. The van der Waals surface area contributed by atoms with Crippen LogP contribution in [-0.4, -0.2) is 102 Å². The van der Waals surface area contributed by atoms with Crippen LogP contribution in [0.4, 0.5) is 10.6 Å². The summed E-state index contributed by atoms with van der Waals surface area (Å²) in [7, 11) is 0. The Balaban J connectivity index is 1.30. The summed E-state index contributed by atoms with van der Waals surface area (Å²) in [5, 5.41) is 2.94. The first kappa shape index (κ1) is 31.2. The minimum atomic E-state index is -0.774. The van der Waals surface area contributed by atoms with Crippen LogP contribution in [0.15, 0.2) is 36.4 Å². The van der Waals surface area contributed by atoms with Gasteiger partial charge in [-0.3, -0.25) is 14.4 Å². The third kappa shape index (κ3) is 6.79. The second-order valence-corrected chi connectivity index (χ2v) is 11.9. The van der Waals surface area contributed by atoms with Crippen molar-refractivity contribution >= 4 is 29.7 Å². The second-order valence-electron chi connectivity index (χ2n) is 11.9. The number of nitrogens with zero attached hydrogens (tertiary/aromatic N) is 5. The van der Waals surface area contributed by atoms with Crippen LogP contribution in [0.2, 0.25) is 0 Å². The van der Waals surface area contributed by atoms with Crippen molar-refractivity contribution in [1.82, 2.24) is 25.1 Å². The van der Waals surface area contributed by atoms with Gasteiger partial charge in [0.2, 0.25) is 5.91 Å². The number of aromatic nitrogens is 2. The summed E-state index contributed by atoms with van der Waals surface area (Å²) in [6.07, 6.45) is 0.378. The van der Waals surface area contributed by atoms with Gasteiger partial charge in [0.1, 0.15) is 17.6 Å². The van der Waals surface area contributed by atoms with Gasteiger partial charge in [0.05, 0.1) is 19.1 Å². The van der Waals surface area contributed by atoms with Crippen molar-refractivity contribution in [3.63, 3.8) is 0 Å². The number of nitrogens with one attached hydrogen (secondary N) is 1. The summed E-state index contributed by atoms with van der Waals surface area (Å²) in [6, 6.07) is 10.3. The van der Waals surface area contributed by atoms with E-state index in [1.165, 1.54) is 0 Å². The maximum Gasteiger partial charge on any atom is 0.409 e. The Morgan fingerprint density at radius 1 is 0.932 bits per heavy atom. The molecule has 1 N–H and O–H groups in total. The number of carbonyl (C=O) groups excluding carboxylic acids is 4. The van der Waals surface area contributed by atoms with Crippen LogP contribution in [-0.2, 0) is 19.1 Å².